The van der Waals surface area contributed by atoms with Crippen LogP contribution in [0.5, 0.6) is 0 Å². The number of primary amides is 1. The molecule has 0 aliphatic carbocycles. The van der Waals surface area contributed by atoms with Crippen molar-refractivity contribution in [1.82, 2.24) is 4.98 Å². The Kier molecular flexibility index (Phi) is 4.16. The Balaban J connectivity index is 1.76. The maximum Gasteiger partial charge on any atom is 0.272 e. The van der Waals surface area contributed by atoms with Gasteiger partial charge in [0.2, 0.25) is 5.91 Å². The van der Waals surface area contributed by atoms with Gasteiger partial charge in [-0.05, 0) is 35.9 Å². The van der Waals surface area contributed by atoms with Gasteiger partial charge in [0.15, 0.2) is 0 Å². The van der Waals surface area contributed by atoms with Crippen LogP contribution in [0, 0.1) is 0 Å². The Bertz CT molecular complexity index is 884. The summed E-state index contributed by atoms with van der Waals surface area (Å²) in [5.41, 5.74) is 7.99. The zero-order chi connectivity index (χ0) is 16.4. The Morgan fingerprint density at radius 1 is 1.09 bits per heavy atom. The van der Waals surface area contributed by atoms with Gasteiger partial charge in [-0.2, -0.15) is 0 Å². The van der Waals surface area contributed by atoms with Gasteiger partial charge >= 0.3 is 0 Å². The van der Waals surface area contributed by atoms with E-state index in [1.165, 1.54) is 0 Å². The van der Waals surface area contributed by atoms with E-state index in [2.05, 4.69) is 26.2 Å². The SMILES string of the molecule is NC(=O)Cc1ccc(NC(=O)c2cc3ccc(Br)cc3[nH]2)cc1. The first-order valence-electron chi connectivity index (χ1n) is 6.98. The summed E-state index contributed by atoms with van der Waals surface area (Å²) >= 11 is 3.40. The predicted octanol–water partition coefficient (Wildman–Crippen LogP) is 3.21. The van der Waals surface area contributed by atoms with Gasteiger partial charge in [-0.15, -0.1) is 0 Å². The highest BCUT2D eigenvalue weighted by Crippen LogP contribution is 2.21. The number of anilines is 1. The first-order valence-corrected chi connectivity index (χ1v) is 7.77. The summed E-state index contributed by atoms with van der Waals surface area (Å²) in [6, 6.07) is 14.6. The number of hydrogen-bond donors (Lipinski definition) is 3. The molecule has 0 aliphatic rings. The van der Waals surface area contributed by atoms with Crippen molar-refractivity contribution < 1.29 is 9.59 Å². The number of rotatable bonds is 4. The van der Waals surface area contributed by atoms with Gasteiger partial charge in [0.1, 0.15) is 5.69 Å². The number of carbonyl (C=O) groups is 2. The minimum atomic E-state index is -0.383. The standard InChI is InChI=1S/C17H14BrN3O2/c18-12-4-3-11-8-15(21-14(11)9-12)17(23)20-13-5-1-10(2-6-13)7-16(19)22/h1-6,8-9,21H,7H2,(H2,19,22)(H,20,23). The van der Waals surface area contributed by atoms with E-state index in [1.807, 2.05) is 18.2 Å². The molecular weight excluding hydrogens is 358 g/mol. The van der Waals surface area contributed by atoms with Crippen LogP contribution in [0.2, 0.25) is 0 Å². The molecule has 0 atom stereocenters. The number of nitrogens with one attached hydrogen (secondary N) is 2. The third-order valence-corrected chi connectivity index (χ3v) is 3.91. The zero-order valence-electron chi connectivity index (χ0n) is 12.1. The quantitative estimate of drug-likeness (QED) is 0.657. The normalized spacial score (nSPS) is 10.7. The van der Waals surface area contributed by atoms with Gasteiger partial charge in [0, 0.05) is 21.1 Å². The van der Waals surface area contributed by atoms with Crippen molar-refractivity contribution in [3.63, 3.8) is 0 Å². The molecule has 0 saturated heterocycles. The third-order valence-electron chi connectivity index (χ3n) is 3.42. The number of benzene rings is 2. The van der Waals surface area contributed by atoms with Crippen LogP contribution in [0.3, 0.4) is 0 Å². The molecule has 6 heteroatoms. The lowest BCUT2D eigenvalue weighted by atomic mass is 10.1. The molecule has 116 valence electrons. The van der Waals surface area contributed by atoms with Crippen LogP contribution < -0.4 is 11.1 Å². The van der Waals surface area contributed by atoms with Crippen molar-refractivity contribution in [1.29, 1.82) is 0 Å². The molecule has 0 saturated carbocycles. The van der Waals surface area contributed by atoms with E-state index in [-0.39, 0.29) is 18.2 Å². The van der Waals surface area contributed by atoms with E-state index in [1.54, 1.807) is 30.3 Å². The van der Waals surface area contributed by atoms with E-state index in [4.69, 9.17) is 5.73 Å². The molecule has 2 aromatic carbocycles. The summed E-state index contributed by atoms with van der Waals surface area (Å²) in [5.74, 6) is -0.606. The monoisotopic (exact) mass is 371 g/mol. The minimum Gasteiger partial charge on any atom is -0.369 e. The number of carbonyl (C=O) groups excluding carboxylic acids is 2. The zero-order valence-corrected chi connectivity index (χ0v) is 13.7. The van der Waals surface area contributed by atoms with E-state index < -0.39 is 0 Å². The molecule has 2 amide bonds. The Morgan fingerprint density at radius 3 is 2.52 bits per heavy atom. The van der Waals surface area contributed by atoms with E-state index in [0.29, 0.717) is 11.4 Å². The number of H-pyrrole nitrogens is 1. The van der Waals surface area contributed by atoms with Crippen LogP contribution in [0.1, 0.15) is 16.1 Å². The fourth-order valence-electron chi connectivity index (χ4n) is 2.33. The molecule has 1 aromatic heterocycles. The molecule has 0 spiro atoms. The van der Waals surface area contributed by atoms with Gasteiger partial charge in [0.05, 0.1) is 6.42 Å². The van der Waals surface area contributed by atoms with Crippen molar-refractivity contribution in [2.75, 3.05) is 5.32 Å². The third kappa shape index (κ3) is 3.60. The smallest absolute Gasteiger partial charge is 0.272 e. The Morgan fingerprint density at radius 2 is 1.83 bits per heavy atom. The van der Waals surface area contributed by atoms with Crippen molar-refractivity contribution >= 4 is 44.3 Å². The number of amides is 2. The van der Waals surface area contributed by atoms with Gasteiger partial charge in [0.25, 0.3) is 5.91 Å². The van der Waals surface area contributed by atoms with Gasteiger partial charge in [-0.1, -0.05) is 34.1 Å². The highest BCUT2D eigenvalue weighted by molar-refractivity contribution is 9.10. The van der Waals surface area contributed by atoms with Crippen LogP contribution in [-0.2, 0) is 11.2 Å². The molecule has 0 unspecified atom stereocenters. The summed E-state index contributed by atoms with van der Waals surface area (Å²) in [5, 5.41) is 3.78. The number of hydrogen-bond acceptors (Lipinski definition) is 2. The molecule has 0 bridgehead atoms. The predicted molar refractivity (Wildman–Crippen MR) is 93.3 cm³/mol. The summed E-state index contributed by atoms with van der Waals surface area (Å²) < 4.78 is 0.948. The topological polar surface area (TPSA) is 88.0 Å². The number of aromatic amines is 1. The second-order valence-electron chi connectivity index (χ2n) is 5.21. The lowest BCUT2D eigenvalue weighted by Gasteiger charge is -2.05. The van der Waals surface area contributed by atoms with E-state index in [0.717, 1.165) is 20.9 Å². The molecule has 1 heterocycles. The maximum absolute atomic E-state index is 12.3. The minimum absolute atomic E-state index is 0.186. The molecule has 0 radical (unpaired) electrons. The maximum atomic E-state index is 12.3. The lowest BCUT2D eigenvalue weighted by Crippen LogP contribution is -2.14. The van der Waals surface area contributed by atoms with E-state index >= 15 is 0 Å². The van der Waals surface area contributed by atoms with Gasteiger partial charge < -0.3 is 16.0 Å². The highest BCUT2D eigenvalue weighted by atomic mass is 79.9. The average molecular weight is 372 g/mol. The summed E-state index contributed by atoms with van der Waals surface area (Å²) in [4.78, 5) is 26.3. The fourth-order valence-corrected chi connectivity index (χ4v) is 2.69. The lowest BCUT2D eigenvalue weighted by molar-refractivity contribution is -0.117. The van der Waals surface area contributed by atoms with Gasteiger partial charge in [-0.25, -0.2) is 0 Å². The molecule has 3 rings (SSSR count). The van der Waals surface area contributed by atoms with Crippen LogP contribution in [0.4, 0.5) is 5.69 Å². The largest absolute Gasteiger partial charge is 0.369 e. The summed E-state index contributed by atoms with van der Waals surface area (Å²) in [7, 11) is 0. The molecule has 23 heavy (non-hydrogen) atoms. The number of fused-ring (bicyclic) bond motifs is 1. The molecule has 4 N–H and O–H groups in total. The van der Waals surface area contributed by atoms with Crippen LogP contribution >= 0.6 is 15.9 Å². The molecule has 5 nitrogen and oxygen atoms in total. The first-order chi connectivity index (χ1) is 11.0. The summed E-state index contributed by atoms with van der Waals surface area (Å²) in [6.07, 6.45) is 0.186. The number of nitrogens with two attached hydrogens (primary N) is 1. The van der Waals surface area contributed by atoms with Gasteiger partial charge in [-0.3, -0.25) is 9.59 Å². The Hall–Kier alpha value is -2.60. The highest BCUT2D eigenvalue weighted by Gasteiger charge is 2.10. The van der Waals surface area contributed by atoms with Crippen molar-refractivity contribution in [2.45, 2.75) is 6.42 Å². The Labute approximate surface area is 141 Å². The first kappa shape index (κ1) is 15.3. The fraction of sp³-hybridized carbons (Fsp3) is 0.0588. The summed E-state index contributed by atoms with van der Waals surface area (Å²) in [6.45, 7) is 0. The molecular formula is C17H14BrN3O2. The second kappa shape index (κ2) is 6.26. The second-order valence-corrected chi connectivity index (χ2v) is 6.12. The number of aromatic nitrogens is 1. The van der Waals surface area contributed by atoms with Crippen LogP contribution in [0.25, 0.3) is 10.9 Å². The molecule has 0 aliphatic heterocycles. The molecule has 3 aromatic rings. The van der Waals surface area contributed by atoms with Crippen LogP contribution in [-0.4, -0.2) is 16.8 Å². The number of halogens is 1. The molecule has 0 fully saturated rings. The average Bonchev–Trinajstić information content (AvgIpc) is 2.92. The van der Waals surface area contributed by atoms with E-state index in [9.17, 15) is 9.59 Å². The van der Waals surface area contributed by atoms with Crippen molar-refractivity contribution in [3.05, 3.63) is 64.3 Å². The van der Waals surface area contributed by atoms with Crippen molar-refractivity contribution in [3.8, 4) is 0 Å². The van der Waals surface area contributed by atoms with Crippen molar-refractivity contribution in [2.24, 2.45) is 5.73 Å². The van der Waals surface area contributed by atoms with Crippen LogP contribution in [0.15, 0.2) is 53.0 Å².